The summed E-state index contributed by atoms with van der Waals surface area (Å²) in [6, 6.07) is 0. The van der Waals surface area contributed by atoms with Gasteiger partial charge >= 0.3 is 0 Å². The SMILES string of the molecule is CC12CCOCC(C)(CC1)C2. The third kappa shape index (κ3) is 1.31. The van der Waals surface area contributed by atoms with Crippen LogP contribution in [0, 0.1) is 10.8 Å². The molecule has 1 aliphatic carbocycles. The van der Waals surface area contributed by atoms with Gasteiger partial charge in [0.1, 0.15) is 0 Å². The first kappa shape index (κ1) is 7.60. The highest BCUT2D eigenvalue weighted by molar-refractivity contribution is 4.94. The van der Waals surface area contributed by atoms with Crippen molar-refractivity contribution in [2.45, 2.75) is 39.5 Å². The second-order valence-electron chi connectivity index (χ2n) is 5.10. The third-order valence-corrected chi connectivity index (χ3v) is 3.49. The Morgan fingerprint density at radius 2 is 1.73 bits per heavy atom. The van der Waals surface area contributed by atoms with Crippen molar-refractivity contribution in [2.24, 2.45) is 10.8 Å². The molecule has 1 aliphatic heterocycles. The van der Waals surface area contributed by atoms with E-state index in [9.17, 15) is 0 Å². The van der Waals surface area contributed by atoms with E-state index in [0.29, 0.717) is 10.8 Å². The van der Waals surface area contributed by atoms with Crippen LogP contribution >= 0.6 is 0 Å². The molecule has 0 aromatic carbocycles. The minimum atomic E-state index is 0.519. The van der Waals surface area contributed by atoms with Crippen LogP contribution in [0.4, 0.5) is 0 Å². The average molecular weight is 154 g/mol. The summed E-state index contributed by atoms with van der Waals surface area (Å²) in [6.45, 7) is 6.80. The lowest BCUT2D eigenvalue weighted by molar-refractivity contribution is 0.0645. The topological polar surface area (TPSA) is 9.23 Å². The molecule has 0 spiro atoms. The Morgan fingerprint density at radius 3 is 2.55 bits per heavy atom. The molecule has 0 aromatic heterocycles. The highest BCUT2D eigenvalue weighted by atomic mass is 16.5. The van der Waals surface area contributed by atoms with Crippen molar-refractivity contribution in [1.82, 2.24) is 0 Å². The van der Waals surface area contributed by atoms with Gasteiger partial charge in [0.05, 0.1) is 6.61 Å². The van der Waals surface area contributed by atoms with E-state index in [1.165, 1.54) is 25.7 Å². The molecule has 2 fully saturated rings. The van der Waals surface area contributed by atoms with Crippen LogP contribution in [0.1, 0.15) is 39.5 Å². The van der Waals surface area contributed by atoms with Gasteiger partial charge in [-0.1, -0.05) is 13.8 Å². The molecule has 2 bridgehead atoms. The summed E-state index contributed by atoms with van der Waals surface area (Å²) in [5.74, 6) is 0. The van der Waals surface area contributed by atoms with Crippen LogP contribution in [0.5, 0.6) is 0 Å². The molecule has 0 aromatic rings. The highest BCUT2D eigenvalue weighted by Gasteiger charge is 2.44. The minimum Gasteiger partial charge on any atom is -0.381 e. The molecule has 1 heterocycles. The summed E-state index contributed by atoms with van der Waals surface area (Å²) < 4.78 is 5.60. The van der Waals surface area contributed by atoms with E-state index in [2.05, 4.69) is 13.8 Å². The molecule has 2 aliphatic rings. The van der Waals surface area contributed by atoms with Crippen molar-refractivity contribution < 1.29 is 4.74 Å². The van der Waals surface area contributed by atoms with Gasteiger partial charge in [-0.05, 0) is 36.5 Å². The summed E-state index contributed by atoms with van der Waals surface area (Å²) in [6.07, 6.45) is 5.47. The number of ether oxygens (including phenoxy) is 1. The molecule has 1 saturated carbocycles. The molecular formula is C10H18O. The summed E-state index contributed by atoms with van der Waals surface area (Å²) in [4.78, 5) is 0. The molecule has 1 heteroatoms. The molecule has 2 unspecified atom stereocenters. The molecule has 0 radical (unpaired) electrons. The average Bonchev–Trinajstić information content (AvgIpc) is 2.11. The Hall–Kier alpha value is -0.0400. The summed E-state index contributed by atoms with van der Waals surface area (Å²) in [5, 5.41) is 0. The maximum Gasteiger partial charge on any atom is 0.0519 e. The van der Waals surface area contributed by atoms with Gasteiger partial charge in [-0.15, -0.1) is 0 Å². The van der Waals surface area contributed by atoms with Crippen LogP contribution in [-0.4, -0.2) is 13.2 Å². The predicted octanol–water partition coefficient (Wildman–Crippen LogP) is 2.60. The van der Waals surface area contributed by atoms with Gasteiger partial charge in [0, 0.05) is 6.61 Å². The van der Waals surface area contributed by atoms with Crippen molar-refractivity contribution >= 4 is 0 Å². The van der Waals surface area contributed by atoms with Crippen LogP contribution in [0.25, 0.3) is 0 Å². The van der Waals surface area contributed by atoms with E-state index in [1.807, 2.05) is 0 Å². The summed E-state index contributed by atoms with van der Waals surface area (Å²) in [5.41, 5.74) is 1.14. The fourth-order valence-corrected chi connectivity index (χ4v) is 2.78. The van der Waals surface area contributed by atoms with Crippen molar-refractivity contribution in [3.05, 3.63) is 0 Å². The van der Waals surface area contributed by atoms with Crippen LogP contribution in [-0.2, 0) is 4.74 Å². The molecule has 0 amide bonds. The van der Waals surface area contributed by atoms with E-state index in [0.717, 1.165) is 13.2 Å². The van der Waals surface area contributed by atoms with Crippen molar-refractivity contribution in [1.29, 1.82) is 0 Å². The normalized spacial score (nSPS) is 50.7. The van der Waals surface area contributed by atoms with Gasteiger partial charge in [-0.2, -0.15) is 0 Å². The molecule has 64 valence electrons. The van der Waals surface area contributed by atoms with Crippen LogP contribution < -0.4 is 0 Å². The Kier molecular flexibility index (Phi) is 1.54. The van der Waals surface area contributed by atoms with E-state index in [4.69, 9.17) is 4.74 Å². The Morgan fingerprint density at radius 1 is 1.00 bits per heavy atom. The van der Waals surface area contributed by atoms with E-state index in [-0.39, 0.29) is 0 Å². The van der Waals surface area contributed by atoms with Gasteiger partial charge in [-0.25, -0.2) is 0 Å². The second kappa shape index (κ2) is 2.22. The fraction of sp³-hybridized carbons (Fsp3) is 1.00. The zero-order valence-electron chi connectivity index (χ0n) is 7.65. The monoisotopic (exact) mass is 154 g/mol. The Labute approximate surface area is 69.1 Å². The van der Waals surface area contributed by atoms with Gasteiger partial charge in [0.15, 0.2) is 0 Å². The predicted molar refractivity (Wildman–Crippen MR) is 45.5 cm³/mol. The third-order valence-electron chi connectivity index (χ3n) is 3.49. The standard InChI is InChI=1S/C10H18O/c1-9-3-4-10(2,7-9)8-11-6-5-9/h3-8H2,1-2H3. The largest absolute Gasteiger partial charge is 0.381 e. The zero-order valence-corrected chi connectivity index (χ0v) is 7.65. The van der Waals surface area contributed by atoms with Crippen molar-refractivity contribution in [3.8, 4) is 0 Å². The molecule has 2 rings (SSSR count). The molecule has 11 heavy (non-hydrogen) atoms. The first-order valence-electron chi connectivity index (χ1n) is 4.70. The molecule has 1 saturated heterocycles. The van der Waals surface area contributed by atoms with E-state index >= 15 is 0 Å². The van der Waals surface area contributed by atoms with Crippen molar-refractivity contribution in [3.63, 3.8) is 0 Å². The summed E-state index contributed by atoms with van der Waals surface area (Å²) >= 11 is 0. The number of hydrogen-bond donors (Lipinski definition) is 0. The molecule has 0 N–H and O–H groups in total. The van der Waals surface area contributed by atoms with Crippen LogP contribution in [0.2, 0.25) is 0 Å². The lowest BCUT2D eigenvalue weighted by atomic mass is 9.81. The summed E-state index contributed by atoms with van der Waals surface area (Å²) in [7, 11) is 0. The maximum atomic E-state index is 5.60. The van der Waals surface area contributed by atoms with E-state index < -0.39 is 0 Å². The zero-order chi connectivity index (χ0) is 7.95. The van der Waals surface area contributed by atoms with Gasteiger partial charge in [-0.3, -0.25) is 0 Å². The number of hydrogen-bond acceptors (Lipinski definition) is 1. The van der Waals surface area contributed by atoms with Gasteiger partial charge < -0.3 is 4.74 Å². The van der Waals surface area contributed by atoms with Crippen LogP contribution in [0.3, 0.4) is 0 Å². The maximum absolute atomic E-state index is 5.60. The Bertz CT molecular complexity index is 140. The first-order valence-corrected chi connectivity index (χ1v) is 4.70. The van der Waals surface area contributed by atoms with Crippen molar-refractivity contribution in [2.75, 3.05) is 13.2 Å². The van der Waals surface area contributed by atoms with Gasteiger partial charge in [0.25, 0.3) is 0 Å². The lowest BCUT2D eigenvalue weighted by Gasteiger charge is -2.23. The number of rotatable bonds is 0. The number of fused-ring (bicyclic) bond motifs is 2. The molecule has 2 atom stereocenters. The minimum absolute atomic E-state index is 0.519. The van der Waals surface area contributed by atoms with E-state index in [1.54, 1.807) is 0 Å². The lowest BCUT2D eigenvalue weighted by Crippen LogP contribution is -2.18. The first-order chi connectivity index (χ1) is 5.12. The Balaban J connectivity index is 2.18. The smallest absolute Gasteiger partial charge is 0.0519 e. The highest BCUT2D eigenvalue weighted by Crippen LogP contribution is 2.52. The quantitative estimate of drug-likeness (QED) is 0.521. The fourth-order valence-electron chi connectivity index (χ4n) is 2.78. The molecule has 1 nitrogen and oxygen atoms in total. The van der Waals surface area contributed by atoms with Crippen LogP contribution in [0.15, 0.2) is 0 Å². The molecular weight excluding hydrogens is 136 g/mol. The van der Waals surface area contributed by atoms with Gasteiger partial charge in [0.2, 0.25) is 0 Å². The second-order valence-corrected chi connectivity index (χ2v) is 5.10.